The van der Waals surface area contributed by atoms with Gasteiger partial charge in [0.2, 0.25) is 0 Å². The first-order valence-electron chi connectivity index (χ1n) is 11.8. The number of hydrogen-bond donors (Lipinski definition) is 2. The highest BCUT2D eigenvalue weighted by molar-refractivity contribution is 14.0. The highest BCUT2D eigenvalue weighted by Gasteiger charge is 2.32. The highest BCUT2D eigenvalue weighted by Crippen LogP contribution is 2.37. The van der Waals surface area contributed by atoms with Crippen LogP contribution in [-0.2, 0) is 0 Å². The van der Waals surface area contributed by atoms with Crippen LogP contribution in [0.5, 0.6) is 0 Å². The second-order valence-corrected chi connectivity index (χ2v) is 10.1. The van der Waals surface area contributed by atoms with Crippen LogP contribution in [0, 0.1) is 5.92 Å². The van der Waals surface area contributed by atoms with Crippen LogP contribution in [0.2, 0.25) is 0 Å². The molecule has 1 saturated carbocycles. The molecular weight excluding hydrogens is 505 g/mol. The van der Waals surface area contributed by atoms with Crippen LogP contribution >= 0.6 is 35.3 Å². The number of hydrogen-bond acceptors (Lipinski definition) is 4. The van der Waals surface area contributed by atoms with Gasteiger partial charge < -0.3 is 10.6 Å². The van der Waals surface area contributed by atoms with Crippen LogP contribution in [0.25, 0.3) is 0 Å². The largest absolute Gasteiger partial charge is 0.357 e. The maximum Gasteiger partial charge on any atom is 0.191 e. The molecule has 3 fully saturated rings. The molecule has 2 aliphatic heterocycles. The van der Waals surface area contributed by atoms with Crippen LogP contribution in [0.15, 0.2) is 22.5 Å². The van der Waals surface area contributed by atoms with Crippen LogP contribution in [0.3, 0.4) is 0 Å². The number of rotatable bonds is 6. The van der Waals surface area contributed by atoms with Gasteiger partial charge in [-0.25, -0.2) is 0 Å². The lowest BCUT2D eigenvalue weighted by Crippen LogP contribution is -2.46. The van der Waals surface area contributed by atoms with Crippen LogP contribution in [0.4, 0.5) is 0 Å². The molecule has 0 bridgehead atoms. The average molecular weight is 546 g/mol. The summed E-state index contributed by atoms with van der Waals surface area (Å²) in [5.74, 6) is 1.62. The zero-order chi connectivity index (χ0) is 20.1. The fourth-order valence-corrected chi connectivity index (χ4v) is 6.57. The number of aliphatic imine (C=N–C) groups is 1. The summed E-state index contributed by atoms with van der Waals surface area (Å²) in [5, 5.41) is 9.47. The number of halogens is 1. The number of piperidine rings is 1. The number of nitrogens with zero attached hydrogens (tertiary/aromatic N) is 3. The fraction of sp³-hybridized carbons (Fsp3) is 0.783. The minimum atomic E-state index is 0. The molecular formula is C23H40IN5S. The zero-order valence-corrected chi connectivity index (χ0v) is 21.8. The molecule has 3 aliphatic rings. The van der Waals surface area contributed by atoms with Crippen molar-refractivity contribution in [2.24, 2.45) is 10.9 Å². The monoisotopic (exact) mass is 545 g/mol. The van der Waals surface area contributed by atoms with E-state index < -0.39 is 0 Å². The molecule has 2 saturated heterocycles. The van der Waals surface area contributed by atoms with Crippen molar-refractivity contribution in [1.29, 1.82) is 0 Å². The predicted octanol–water partition coefficient (Wildman–Crippen LogP) is 4.32. The van der Waals surface area contributed by atoms with Crippen molar-refractivity contribution in [1.82, 2.24) is 20.4 Å². The molecule has 3 atom stereocenters. The second-order valence-electron chi connectivity index (χ2n) is 9.13. The van der Waals surface area contributed by atoms with Gasteiger partial charge >= 0.3 is 0 Å². The van der Waals surface area contributed by atoms with E-state index >= 15 is 0 Å². The molecule has 3 unspecified atom stereocenters. The Bertz CT molecular complexity index is 646. The summed E-state index contributed by atoms with van der Waals surface area (Å²) >= 11 is 1.89. The molecule has 0 amide bonds. The molecule has 170 valence electrons. The molecule has 1 aromatic rings. The third-order valence-corrected chi connectivity index (χ3v) is 8.01. The SMILES string of the molecule is CCNC(=NCC1CCCN(C)C1c1cccs1)NC1CCN(C2CCCC2)C1.I. The lowest BCUT2D eigenvalue weighted by molar-refractivity contribution is 0.128. The van der Waals surface area contributed by atoms with Gasteiger partial charge in [-0.2, -0.15) is 0 Å². The Hall–Kier alpha value is -0.380. The molecule has 1 aliphatic carbocycles. The molecule has 2 N–H and O–H groups in total. The smallest absolute Gasteiger partial charge is 0.191 e. The number of likely N-dealkylation sites (tertiary alicyclic amines) is 2. The van der Waals surface area contributed by atoms with Gasteiger partial charge in [-0.3, -0.25) is 14.8 Å². The van der Waals surface area contributed by atoms with Crippen molar-refractivity contribution < 1.29 is 0 Å². The summed E-state index contributed by atoms with van der Waals surface area (Å²) in [4.78, 5) is 11.8. The number of guanidine groups is 1. The first-order chi connectivity index (χ1) is 14.2. The Morgan fingerprint density at radius 1 is 1.17 bits per heavy atom. The molecule has 4 rings (SSSR count). The Labute approximate surface area is 204 Å². The predicted molar refractivity (Wildman–Crippen MR) is 139 cm³/mol. The summed E-state index contributed by atoms with van der Waals surface area (Å²) in [5.41, 5.74) is 0. The van der Waals surface area contributed by atoms with E-state index in [1.165, 1.54) is 69.5 Å². The molecule has 0 radical (unpaired) electrons. The first-order valence-corrected chi connectivity index (χ1v) is 12.6. The lowest BCUT2D eigenvalue weighted by atomic mass is 9.88. The van der Waals surface area contributed by atoms with E-state index in [0.717, 1.165) is 25.1 Å². The number of nitrogens with one attached hydrogen (secondary N) is 2. The van der Waals surface area contributed by atoms with E-state index in [-0.39, 0.29) is 24.0 Å². The van der Waals surface area contributed by atoms with Crippen molar-refractivity contribution >= 4 is 41.3 Å². The standard InChI is InChI=1S/C23H39N5S.HI/c1-3-24-23(26-19-12-14-28(17-19)20-9-4-5-10-20)25-16-18-8-6-13-27(2)22(18)21-11-7-15-29-21;/h7,11,15,18-20,22H,3-6,8-10,12-14,16-17H2,1-2H3,(H2,24,25,26);1H. The van der Waals surface area contributed by atoms with E-state index in [1.54, 1.807) is 0 Å². The summed E-state index contributed by atoms with van der Waals surface area (Å²) in [6, 6.07) is 6.37. The Morgan fingerprint density at radius 2 is 2.00 bits per heavy atom. The van der Waals surface area contributed by atoms with Gasteiger partial charge in [0.15, 0.2) is 5.96 Å². The molecule has 7 heteroatoms. The Kier molecular flexibility index (Phi) is 9.72. The molecule has 0 spiro atoms. The lowest BCUT2D eigenvalue weighted by Gasteiger charge is -2.38. The van der Waals surface area contributed by atoms with Crippen LogP contribution < -0.4 is 10.6 Å². The van der Waals surface area contributed by atoms with E-state index in [1.807, 2.05) is 11.3 Å². The number of thiophene rings is 1. The van der Waals surface area contributed by atoms with Crippen molar-refractivity contribution in [3.05, 3.63) is 22.4 Å². The van der Waals surface area contributed by atoms with Gasteiger partial charge in [0, 0.05) is 49.2 Å². The van der Waals surface area contributed by atoms with Gasteiger partial charge in [-0.15, -0.1) is 35.3 Å². The van der Waals surface area contributed by atoms with Crippen LogP contribution in [-0.4, -0.2) is 67.6 Å². The van der Waals surface area contributed by atoms with Crippen molar-refractivity contribution in [2.45, 2.75) is 70.0 Å². The fourth-order valence-electron chi connectivity index (χ4n) is 5.59. The highest BCUT2D eigenvalue weighted by atomic mass is 127. The molecule has 3 heterocycles. The maximum absolute atomic E-state index is 5.07. The minimum Gasteiger partial charge on any atom is -0.357 e. The average Bonchev–Trinajstić information content (AvgIpc) is 3.48. The minimum absolute atomic E-state index is 0. The van der Waals surface area contributed by atoms with E-state index in [2.05, 4.69) is 51.9 Å². The third kappa shape index (κ3) is 6.11. The van der Waals surface area contributed by atoms with Gasteiger partial charge in [-0.05, 0) is 70.0 Å². The maximum atomic E-state index is 5.07. The second kappa shape index (κ2) is 12.0. The van der Waals surface area contributed by atoms with Gasteiger partial charge in [-0.1, -0.05) is 18.9 Å². The summed E-state index contributed by atoms with van der Waals surface area (Å²) < 4.78 is 0. The summed E-state index contributed by atoms with van der Waals surface area (Å²) in [6.07, 6.45) is 9.44. The molecule has 30 heavy (non-hydrogen) atoms. The van der Waals surface area contributed by atoms with Gasteiger partial charge in [0.1, 0.15) is 0 Å². The van der Waals surface area contributed by atoms with E-state index in [4.69, 9.17) is 4.99 Å². The summed E-state index contributed by atoms with van der Waals surface area (Å²) in [6.45, 7) is 7.61. The third-order valence-electron chi connectivity index (χ3n) is 7.07. The van der Waals surface area contributed by atoms with Gasteiger partial charge in [0.25, 0.3) is 0 Å². The molecule has 0 aromatic carbocycles. The Morgan fingerprint density at radius 3 is 2.73 bits per heavy atom. The first kappa shape index (κ1) is 24.3. The topological polar surface area (TPSA) is 42.9 Å². The quantitative estimate of drug-likeness (QED) is 0.318. The molecule has 1 aromatic heterocycles. The van der Waals surface area contributed by atoms with Crippen molar-refractivity contribution in [2.75, 3.05) is 39.8 Å². The van der Waals surface area contributed by atoms with Crippen molar-refractivity contribution in [3.63, 3.8) is 0 Å². The molecule has 5 nitrogen and oxygen atoms in total. The Balaban J connectivity index is 0.00000256. The van der Waals surface area contributed by atoms with Crippen LogP contribution in [0.1, 0.15) is 62.8 Å². The van der Waals surface area contributed by atoms with E-state index in [9.17, 15) is 0 Å². The van der Waals surface area contributed by atoms with E-state index in [0.29, 0.717) is 18.0 Å². The normalized spacial score (nSPS) is 29.1. The van der Waals surface area contributed by atoms with Gasteiger partial charge in [0.05, 0.1) is 0 Å². The summed E-state index contributed by atoms with van der Waals surface area (Å²) in [7, 11) is 2.28. The zero-order valence-electron chi connectivity index (χ0n) is 18.7. The van der Waals surface area contributed by atoms with Crippen molar-refractivity contribution in [3.8, 4) is 0 Å².